The standard InChI is InChI=1S/C72H133N2O21P/c1-7-13-19-22-25-28-31-34-40-43-54(89-61(78)46-37-16-10-4)49-59(76)73-65-68(83)67(82)58(92-71(65)84)53-88-72-66(74-60(77)50-55(90-62(79)47-38-17-11-5)44-41-35-32-29-26-23-20-14-8-2)70(69(57(52-75)93-72)95-96(85,86)87)94-64(81)51-56(91-63(80)48-39-18-12-6)45-42-36-33-30-27-24-21-15-9-3/h54-58,65-72,75,82-84H,7-53H2,1-6H3,(H,73,76)(H,74,77)(H2,85,86,87)/t54-,55-,56-,57-,58-,65-,66-,67-,68-,69-,70-,71?,72-/m1/s1. The van der Waals surface area contributed by atoms with E-state index in [9.17, 15) is 63.5 Å². The summed E-state index contributed by atoms with van der Waals surface area (Å²) in [6, 6.07) is -3.36. The number of ether oxygens (including phenoxy) is 7. The molecule has 0 aromatic carbocycles. The van der Waals surface area contributed by atoms with Gasteiger partial charge in [-0.1, -0.05) is 234 Å². The summed E-state index contributed by atoms with van der Waals surface area (Å²) < 4.78 is 60.0. The van der Waals surface area contributed by atoms with Crippen LogP contribution in [0.4, 0.5) is 0 Å². The van der Waals surface area contributed by atoms with Crippen molar-refractivity contribution in [2.24, 2.45) is 0 Å². The molecule has 2 amide bonds. The predicted octanol–water partition coefficient (Wildman–Crippen LogP) is 12.9. The fourth-order valence-corrected chi connectivity index (χ4v) is 13.0. The molecular weight excluding hydrogens is 1260 g/mol. The highest BCUT2D eigenvalue weighted by molar-refractivity contribution is 7.46. The SMILES string of the molecule is CCCCCCCCCCC[C@H](CC(=O)N[C@H]1[C@H](OC[C@H]2OC(O)[C@H](NC(=O)C[C@@H](CCCCCCCCCCC)OC(=O)CCCCC)[C@@H](O)[C@@H]2O)O[C@H](CO)[C@@H](OP(=O)(O)O)[C@@H]1OC(=O)C[C@@H](CCCCCCCCCCC)OC(=O)CCCCC)OC(=O)CCCCC. The molecule has 2 saturated heterocycles. The van der Waals surface area contributed by atoms with Crippen molar-refractivity contribution in [2.75, 3.05) is 13.2 Å². The normalized spacial score (nSPS) is 22.2. The zero-order valence-electron chi connectivity index (χ0n) is 60.0. The summed E-state index contributed by atoms with van der Waals surface area (Å²) in [4.78, 5) is 103. The Morgan fingerprint density at radius 1 is 0.417 bits per heavy atom. The molecule has 23 nitrogen and oxygen atoms in total. The van der Waals surface area contributed by atoms with E-state index in [4.69, 9.17) is 37.7 Å². The maximum atomic E-state index is 14.6. The van der Waals surface area contributed by atoms with Crippen molar-refractivity contribution in [2.45, 2.75) is 410 Å². The first-order valence-electron chi connectivity index (χ1n) is 37.9. The summed E-state index contributed by atoms with van der Waals surface area (Å²) in [5, 5.41) is 50.7. The van der Waals surface area contributed by atoms with Gasteiger partial charge in [-0.25, -0.2) is 4.57 Å². The Morgan fingerprint density at radius 3 is 1.12 bits per heavy atom. The third-order valence-corrected chi connectivity index (χ3v) is 18.6. The highest BCUT2D eigenvalue weighted by Gasteiger charge is 2.53. The molecule has 1 unspecified atom stereocenters. The lowest BCUT2D eigenvalue weighted by Gasteiger charge is -2.46. The number of amides is 2. The third-order valence-electron chi connectivity index (χ3n) is 18.1. The average Bonchev–Trinajstić information content (AvgIpc) is 0.787. The number of carbonyl (C=O) groups excluding carboxylic acids is 6. The number of hydrogen-bond acceptors (Lipinski definition) is 19. The highest BCUT2D eigenvalue weighted by Crippen LogP contribution is 2.43. The third kappa shape index (κ3) is 41.4. The number of unbranched alkanes of at least 4 members (excludes halogenated alkanes) is 30. The number of esters is 4. The highest BCUT2D eigenvalue weighted by atomic mass is 31.2. The fourth-order valence-electron chi connectivity index (χ4n) is 12.4. The van der Waals surface area contributed by atoms with Crippen LogP contribution >= 0.6 is 7.82 Å². The van der Waals surface area contributed by atoms with E-state index in [1.807, 2.05) is 20.8 Å². The lowest BCUT2D eigenvalue weighted by Crippen LogP contribution is -2.67. The van der Waals surface area contributed by atoms with Crippen LogP contribution in [0, 0.1) is 0 Å². The first-order valence-corrected chi connectivity index (χ1v) is 39.4. The van der Waals surface area contributed by atoms with E-state index in [-0.39, 0.29) is 32.1 Å². The molecule has 2 heterocycles. The van der Waals surface area contributed by atoms with E-state index < -0.39 is 149 Å². The summed E-state index contributed by atoms with van der Waals surface area (Å²) in [5.41, 5.74) is 0. The second kappa shape index (κ2) is 55.3. The molecular formula is C72H133N2O21P. The van der Waals surface area contributed by atoms with Crippen molar-refractivity contribution in [1.82, 2.24) is 10.6 Å². The Morgan fingerprint density at radius 2 is 0.760 bits per heavy atom. The molecule has 2 fully saturated rings. The minimum absolute atomic E-state index is 0.106. The van der Waals surface area contributed by atoms with Gasteiger partial charge in [0.2, 0.25) is 11.8 Å². The Bertz CT molecular complexity index is 2090. The predicted molar refractivity (Wildman–Crippen MR) is 367 cm³/mol. The van der Waals surface area contributed by atoms with Crippen LogP contribution in [0.3, 0.4) is 0 Å². The van der Waals surface area contributed by atoms with Crippen LogP contribution in [0.1, 0.15) is 330 Å². The molecule has 562 valence electrons. The van der Waals surface area contributed by atoms with Crippen LogP contribution in [-0.2, 0) is 71.0 Å². The van der Waals surface area contributed by atoms with Crippen molar-refractivity contribution in [3.8, 4) is 0 Å². The summed E-state index contributed by atoms with van der Waals surface area (Å²) in [5.74, 6) is -3.98. The van der Waals surface area contributed by atoms with Gasteiger partial charge in [0.05, 0.1) is 32.5 Å². The monoisotopic (exact) mass is 1390 g/mol. The average molecular weight is 1390 g/mol. The van der Waals surface area contributed by atoms with Gasteiger partial charge in [0.1, 0.15) is 60.9 Å². The number of rotatable bonds is 60. The zero-order valence-corrected chi connectivity index (χ0v) is 60.9. The molecule has 2 rings (SSSR count). The summed E-state index contributed by atoms with van der Waals surface area (Å²) in [7, 11) is -5.55. The van der Waals surface area contributed by atoms with E-state index in [1.54, 1.807) is 0 Å². The van der Waals surface area contributed by atoms with Crippen molar-refractivity contribution < 1.29 is 101 Å². The molecule has 0 spiro atoms. The van der Waals surface area contributed by atoms with E-state index in [0.29, 0.717) is 51.4 Å². The Labute approximate surface area is 576 Å². The van der Waals surface area contributed by atoms with E-state index in [2.05, 4.69) is 31.4 Å². The first kappa shape index (κ1) is 88.7. The minimum Gasteiger partial charge on any atom is -0.462 e. The van der Waals surface area contributed by atoms with Gasteiger partial charge in [0.25, 0.3) is 0 Å². The topological polar surface area (TPSA) is 339 Å². The van der Waals surface area contributed by atoms with Crippen LogP contribution in [0.2, 0.25) is 0 Å². The van der Waals surface area contributed by atoms with Crippen LogP contribution in [-0.4, -0.2) is 159 Å². The van der Waals surface area contributed by atoms with Gasteiger partial charge in [0.15, 0.2) is 18.7 Å². The number of hydrogen-bond donors (Lipinski definition) is 8. The second-order valence-electron chi connectivity index (χ2n) is 27.0. The molecule has 8 N–H and O–H groups in total. The zero-order chi connectivity index (χ0) is 70.8. The molecule has 13 atom stereocenters. The quantitative estimate of drug-likeness (QED) is 0.0121. The van der Waals surface area contributed by atoms with E-state index >= 15 is 0 Å². The van der Waals surface area contributed by atoms with Gasteiger partial charge in [-0.3, -0.25) is 33.3 Å². The number of phosphoric acid groups is 1. The van der Waals surface area contributed by atoms with Crippen molar-refractivity contribution >= 4 is 43.5 Å². The van der Waals surface area contributed by atoms with E-state index in [0.717, 1.165) is 141 Å². The van der Waals surface area contributed by atoms with Gasteiger partial charge in [0, 0.05) is 19.3 Å². The molecule has 0 radical (unpaired) electrons. The second-order valence-corrected chi connectivity index (χ2v) is 28.2. The number of nitrogens with one attached hydrogen (secondary N) is 2. The van der Waals surface area contributed by atoms with Gasteiger partial charge in [-0.2, -0.15) is 0 Å². The van der Waals surface area contributed by atoms with Gasteiger partial charge < -0.3 is 74.0 Å². The molecule has 2 aliphatic rings. The summed E-state index contributed by atoms with van der Waals surface area (Å²) in [6.07, 6.45) is 17.1. The van der Waals surface area contributed by atoms with E-state index in [1.165, 1.54) is 51.4 Å². The smallest absolute Gasteiger partial charge is 0.462 e. The first-order chi connectivity index (χ1) is 46.2. The van der Waals surface area contributed by atoms with Gasteiger partial charge in [-0.05, 0) is 57.8 Å². The lowest BCUT2D eigenvalue weighted by molar-refractivity contribution is -0.297. The van der Waals surface area contributed by atoms with Gasteiger partial charge in [-0.15, -0.1) is 0 Å². The molecule has 2 aliphatic heterocycles. The molecule has 0 saturated carbocycles. The molecule has 96 heavy (non-hydrogen) atoms. The fraction of sp³-hybridized carbons (Fsp3) is 0.917. The number of aliphatic hydroxyl groups is 4. The largest absolute Gasteiger partial charge is 0.470 e. The van der Waals surface area contributed by atoms with Crippen molar-refractivity contribution in [3.05, 3.63) is 0 Å². The number of carbonyl (C=O) groups is 6. The molecule has 24 heteroatoms. The van der Waals surface area contributed by atoms with Crippen LogP contribution < -0.4 is 10.6 Å². The summed E-state index contributed by atoms with van der Waals surface area (Å²) in [6.45, 7) is 10.7. The minimum atomic E-state index is -5.55. The Balaban J connectivity index is 2.55. The van der Waals surface area contributed by atoms with Gasteiger partial charge >= 0.3 is 31.7 Å². The van der Waals surface area contributed by atoms with Crippen LogP contribution in [0.15, 0.2) is 0 Å². The molecule has 0 bridgehead atoms. The molecule has 0 aliphatic carbocycles. The number of aliphatic hydroxyl groups excluding tert-OH is 4. The molecule has 0 aromatic heterocycles. The Kier molecular flexibility index (Phi) is 51.2. The van der Waals surface area contributed by atoms with Crippen LogP contribution in [0.5, 0.6) is 0 Å². The maximum absolute atomic E-state index is 14.6. The van der Waals surface area contributed by atoms with Crippen molar-refractivity contribution in [1.29, 1.82) is 0 Å². The molecule has 0 aromatic rings. The van der Waals surface area contributed by atoms with Crippen molar-refractivity contribution in [3.63, 3.8) is 0 Å². The lowest BCUT2D eigenvalue weighted by atomic mass is 9.95. The Hall–Kier alpha value is -3.35. The maximum Gasteiger partial charge on any atom is 0.470 e. The summed E-state index contributed by atoms with van der Waals surface area (Å²) >= 11 is 0. The number of phosphoric ester groups is 1. The van der Waals surface area contributed by atoms with Crippen LogP contribution in [0.25, 0.3) is 0 Å².